The maximum Gasteiger partial charge on any atom is 0.264 e. The van der Waals surface area contributed by atoms with Crippen molar-refractivity contribution in [2.45, 2.75) is 45.1 Å². The van der Waals surface area contributed by atoms with Gasteiger partial charge in [0, 0.05) is 30.4 Å². The van der Waals surface area contributed by atoms with Gasteiger partial charge in [0.05, 0.1) is 17.2 Å². The number of carbonyl (C=O) groups excluding carboxylic acids is 1. The molecule has 0 spiro atoms. The molecule has 0 aromatic carbocycles. The third kappa shape index (κ3) is 2.94. The number of nitrogens with zero attached hydrogens (tertiary/aromatic N) is 3. The zero-order chi connectivity index (χ0) is 15.8. The van der Waals surface area contributed by atoms with Gasteiger partial charge in [0.1, 0.15) is 0 Å². The van der Waals surface area contributed by atoms with Crippen LogP contribution < -0.4 is 0 Å². The first kappa shape index (κ1) is 14.9. The molecule has 5 heteroatoms. The van der Waals surface area contributed by atoms with Gasteiger partial charge in [-0.25, -0.2) is 4.98 Å². The molecule has 0 saturated carbocycles. The summed E-state index contributed by atoms with van der Waals surface area (Å²) in [6.45, 7) is 3.99. The summed E-state index contributed by atoms with van der Waals surface area (Å²) in [6.07, 6.45) is 11.4. The summed E-state index contributed by atoms with van der Waals surface area (Å²) in [7, 11) is 0. The van der Waals surface area contributed by atoms with E-state index >= 15 is 0 Å². The van der Waals surface area contributed by atoms with Crippen LogP contribution in [0.4, 0.5) is 0 Å². The van der Waals surface area contributed by atoms with E-state index in [1.165, 1.54) is 16.9 Å². The molecule has 2 atom stereocenters. The molecule has 122 valence electrons. The topological polar surface area (TPSA) is 38.1 Å². The second-order valence-electron chi connectivity index (χ2n) is 6.96. The summed E-state index contributed by atoms with van der Waals surface area (Å²) in [4.78, 5) is 21.5. The first-order valence-corrected chi connectivity index (χ1v) is 9.40. The molecule has 1 aliphatic heterocycles. The number of fused-ring (bicyclic) bond motifs is 1. The van der Waals surface area contributed by atoms with Crippen molar-refractivity contribution in [2.75, 3.05) is 13.1 Å². The maximum absolute atomic E-state index is 12.9. The van der Waals surface area contributed by atoms with Crippen LogP contribution in [0.1, 0.15) is 52.3 Å². The van der Waals surface area contributed by atoms with Crippen LogP contribution in [0.5, 0.6) is 0 Å². The van der Waals surface area contributed by atoms with Gasteiger partial charge in [0.25, 0.3) is 5.91 Å². The van der Waals surface area contributed by atoms with Crippen LogP contribution in [0.15, 0.2) is 24.8 Å². The number of carbonyl (C=O) groups is 1. The maximum atomic E-state index is 12.9. The van der Waals surface area contributed by atoms with Gasteiger partial charge in [-0.05, 0) is 49.7 Å². The van der Waals surface area contributed by atoms with Crippen molar-refractivity contribution in [1.29, 1.82) is 0 Å². The first-order valence-electron chi connectivity index (χ1n) is 8.59. The van der Waals surface area contributed by atoms with Crippen LogP contribution >= 0.6 is 11.3 Å². The molecule has 1 aliphatic carbocycles. The third-order valence-corrected chi connectivity index (χ3v) is 6.40. The van der Waals surface area contributed by atoms with E-state index in [1.54, 1.807) is 11.3 Å². The van der Waals surface area contributed by atoms with Gasteiger partial charge >= 0.3 is 0 Å². The molecule has 3 heterocycles. The van der Waals surface area contributed by atoms with Crippen molar-refractivity contribution >= 4 is 17.2 Å². The minimum absolute atomic E-state index is 0.224. The van der Waals surface area contributed by atoms with E-state index in [1.807, 2.05) is 23.6 Å². The number of likely N-dealkylation sites (tertiary alicyclic amines) is 1. The van der Waals surface area contributed by atoms with E-state index in [9.17, 15) is 4.79 Å². The third-order valence-electron chi connectivity index (χ3n) is 5.17. The lowest BCUT2D eigenvalue weighted by molar-refractivity contribution is 0.0684. The molecule has 4 rings (SSSR count). The second kappa shape index (κ2) is 6.11. The average Bonchev–Trinajstić information content (AvgIpc) is 3.23. The van der Waals surface area contributed by atoms with Crippen molar-refractivity contribution in [2.24, 2.45) is 5.92 Å². The summed E-state index contributed by atoms with van der Waals surface area (Å²) in [6, 6.07) is 2.53. The van der Waals surface area contributed by atoms with Crippen LogP contribution in [0.3, 0.4) is 0 Å². The fourth-order valence-electron chi connectivity index (χ4n) is 3.84. The lowest BCUT2D eigenvalue weighted by atomic mass is 9.90. The summed E-state index contributed by atoms with van der Waals surface area (Å²) in [5.74, 6) is 0.975. The molecular weight excluding hydrogens is 306 g/mol. The second-order valence-corrected chi connectivity index (χ2v) is 8.10. The molecule has 2 aromatic rings. The van der Waals surface area contributed by atoms with Crippen LogP contribution in [-0.2, 0) is 12.8 Å². The predicted molar refractivity (Wildman–Crippen MR) is 91.9 cm³/mol. The normalized spacial score (nSPS) is 24.5. The number of hydrogen-bond donors (Lipinski definition) is 0. The lowest BCUT2D eigenvalue weighted by Crippen LogP contribution is -2.40. The monoisotopic (exact) mass is 329 g/mol. The molecule has 1 amide bonds. The summed E-state index contributed by atoms with van der Waals surface area (Å²) in [5, 5.41) is 0. The number of aromatic nitrogens is 2. The van der Waals surface area contributed by atoms with Crippen LogP contribution in [-0.4, -0.2) is 33.4 Å². The highest BCUT2D eigenvalue weighted by atomic mass is 32.1. The number of rotatable bonds is 2. The molecule has 0 radical (unpaired) electrons. The molecule has 1 fully saturated rings. The Morgan fingerprint density at radius 3 is 3.13 bits per heavy atom. The number of imidazole rings is 1. The Labute approximate surface area is 141 Å². The molecule has 23 heavy (non-hydrogen) atoms. The number of amides is 1. The number of hydrogen-bond acceptors (Lipinski definition) is 3. The van der Waals surface area contributed by atoms with E-state index in [2.05, 4.69) is 22.5 Å². The van der Waals surface area contributed by atoms with Crippen molar-refractivity contribution < 1.29 is 4.79 Å². The van der Waals surface area contributed by atoms with Crippen LogP contribution in [0.2, 0.25) is 0 Å². The number of aryl methyl sites for hydroxylation is 1. The van der Waals surface area contributed by atoms with Crippen LogP contribution in [0, 0.1) is 5.92 Å². The Bertz CT molecular complexity index is 691. The zero-order valence-corrected chi connectivity index (χ0v) is 14.4. The van der Waals surface area contributed by atoms with E-state index in [0.717, 1.165) is 49.6 Å². The van der Waals surface area contributed by atoms with Crippen molar-refractivity contribution in [3.05, 3.63) is 40.1 Å². The zero-order valence-electron chi connectivity index (χ0n) is 13.6. The Kier molecular flexibility index (Phi) is 3.97. The quantitative estimate of drug-likeness (QED) is 0.845. The average molecular weight is 329 g/mol. The number of piperidine rings is 1. The van der Waals surface area contributed by atoms with Crippen molar-refractivity contribution in [1.82, 2.24) is 14.5 Å². The summed E-state index contributed by atoms with van der Waals surface area (Å²) >= 11 is 1.73. The van der Waals surface area contributed by atoms with Gasteiger partial charge in [0.15, 0.2) is 0 Å². The predicted octanol–water partition coefficient (Wildman–Crippen LogP) is 3.55. The highest BCUT2D eigenvalue weighted by Crippen LogP contribution is 2.33. The van der Waals surface area contributed by atoms with E-state index in [-0.39, 0.29) is 5.91 Å². The Morgan fingerprint density at radius 2 is 2.30 bits per heavy atom. The molecule has 1 saturated heterocycles. The van der Waals surface area contributed by atoms with Gasteiger partial charge in [0.2, 0.25) is 0 Å². The molecule has 2 aromatic heterocycles. The van der Waals surface area contributed by atoms with E-state index in [4.69, 9.17) is 0 Å². The van der Waals surface area contributed by atoms with Gasteiger partial charge in [-0.3, -0.25) is 4.79 Å². The summed E-state index contributed by atoms with van der Waals surface area (Å²) < 4.78 is 2.14. The van der Waals surface area contributed by atoms with Crippen molar-refractivity contribution in [3.63, 3.8) is 0 Å². The van der Waals surface area contributed by atoms with Gasteiger partial charge in [-0.1, -0.05) is 6.92 Å². The van der Waals surface area contributed by atoms with Gasteiger partial charge in [-0.15, -0.1) is 11.3 Å². The Balaban J connectivity index is 1.50. The van der Waals surface area contributed by atoms with Gasteiger partial charge in [-0.2, -0.15) is 0 Å². The lowest BCUT2D eigenvalue weighted by Gasteiger charge is -2.33. The van der Waals surface area contributed by atoms with E-state index in [0.29, 0.717) is 6.04 Å². The minimum Gasteiger partial charge on any atom is -0.336 e. The molecule has 4 nitrogen and oxygen atoms in total. The van der Waals surface area contributed by atoms with Crippen LogP contribution in [0.25, 0.3) is 0 Å². The molecule has 0 bridgehead atoms. The van der Waals surface area contributed by atoms with Gasteiger partial charge < -0.3 is 9.47 Å². The highest BCUT2D eigenvalue weighted by molar-refractivity contribution is 7.14. The molecule has 0 unspecified atom stereocenters. The molecule has 0 N–H and O–H groups in total. The molecule has 2 aliphatic rings. The summed E-state index contributed by atoms with van der Waals surface area (Å²) in [5.41, 5.74) is 1.42. The first-order chi connectivity index (χ1) is 11.2. The molecular formula is C18H23N3OS. The smallest absolute Gasteiger partial charge is 0.264 e. The fraction of sp³-hybridized carbons (Fsp3) is 0.556. The SMILES string of the molecule is C[C@@H]1CCc2sc(C(=O)N3CCC[C@@H](n4ccnc4)C3)cc2C1. The fourth-order valence-corrected chi connectivity index (χ4v) is 5.01. The largest absolute Gasteiger partial charge is 0.336 e. The highest BCUT2D eigenvalue weighted by Gasteiger charge is 2.28. The minimum atomic E-state index is 0.224. The Hall–Kier alpha value is -1.62. The standard InChI is InChI=1S/C18H23N3OS/c1-13-4-5-16-14(9-13)10-17(23-16)18(22)20-7-2-3-15(11-20)21-8-6-19-12-21/h6,8,10,12-13,15H,2-5,7,9,11H2,1H3/t13-,15-/m1/s1. The Morgan fingerprint density at radius 1 is 1.39 bits per heavy atom. The van der Waals surface area contributed by atoms with Crippen molar-refractivity contribution in [3.8, 4) is 0 Å². The number of thiophene rings is 1. The van der Waals surface area contributed by atoms with E-state index < -0.39 is 0 Å².